The molecule has 1 heterocycles. The predicted octanol–water partition coefficient (Wildman–Crippen LogP) is 7.63. The van der Waals surface area contributed by atoms with E-state index >= 15 is 0 Å². The fraction of sp³-hybridized carbons (Fsp3) is 1.00. The molecule has 4 saturated carbocycles. The first-order valence-corrected chi connectivity index (χ1v) is 13.0. The van der Waals surface area contributed by atoms with Crippen LogP contribution in [0.5, 0.6) is 0 Å². The molecule has 160 valence electrons. The normalized spacial score (nSPS) is 53.1. The largest absolute Gasteiger partial charge is 0.365 e. The quantitative estimate of drug-likeness (QED) is 0.442. The van der Waals surface area contributed by atoms with Crippen LogP contribution in [0.15, 0.2) is 0 Å². The molecular weight excluding hydrogens is 340 g/mol. The number of epoxide rings is 1. The summed E-state index contributed by atoms with van der Waals surface area (Å²) in [6.07, 6.45) is 18.1. The van der Waals surface area contributed by atoms with Crippen molar-refractivity contribution < 1.29 is 4.74 Å². The van der Waals surface area contributed by atoms with Crippen LogP contribution in [0.4, 0.5) is 0 Å². The van der Waals surface area contributed by atoms with Crippen molar-refractivity contribution in [2.24, 2.45) is 46.3 Å². The van der Waals surface area contributed by atoms with E-state index in [2.05, 4.69) is 34.6 Å². The zero-order valence-electron chi connectivity index (χ0n) is 19.4. The Balaban J connectivity index is 1.33. The van der Waals surface area contributed by atoms with E-state index < -0.39 is 0 Å². The third-order valence-electron chi connectivity index (χ3n) is 11.2. The van der Waals surface area contributed by atoms with Gasteiger partial charge in [-0.25, -0.2) is 0 Å². The SMILES string of the molecule is CC(C)CCC[C@H](C)[C@@H]1CC[C@@H]2[C@H]3C[C@@H]4O[C@@]45CCCC[C@]5(C)[C@@H]3CC[C@@]21C. The van der Waals surface area contributed by atoms with E-state index in [1.54, 1.807) is 0 Å². The van der Waals surface area contributed by atoms with Crippen molar-refractivity contribution >= 4 is 0 Å². The topological polar surface area (TPSA) is 12.5 Å². The second-order valence-electron chi connectivity index (χ2n) is 12.8. The summed E-state index contributed by atoms with van der Waals surface area (Å²) in [5.74, 6) is 5.69. The van der Waals surface area contributed by atoms with E-state index in [-0.39, 0.29) is 0 Å². The second kappa shape index (κ2) is 6.73. The van der Waals surface area contributed by atoms with E-state index in [0.29, 0.717) is 22.5 Å². The fourth-order valence-electron chi connectivity index (χ4n) is 9.74. The van der Waals surface area contributed by atoms with Crippen molar-refractivity contribution in [2.45, 2.75) is 123 Å². The molecule has 1 aliphatic heterocycles. The molecule has 5 aliphatic rings. The van der Waals surface area contributed by atoms with Gasteiger partial charge in [-0.05, 0) is 85.9 Å². The van der Waals surface area contributed by atoms with E-state index in [0.717, 1.165) is 35.5 Å². The molecule has 0 radical (unpaired) electrons. The maximum atomic E-state index is 6.60. The third-order valence-corrected chi connectivity index (χ3v) is 11.2. The molecule has 1 nitrogen and oxygen atoms in total. The molecule has 28 heavy (non-hydrogen) atoms. The van der Waals surface area contributed by atoms with Gasteiger partial charge in [0.2, 0.25) is 0 Å². The van der Waals surface area contributed by atoms with Crippen molar-refractivity contribution in [3.8, 4) is 0 Å². The summed E-state index contributed by atoms with van der Waals surface area (Å²) < 4.78 is 6.60. The number of rotatable bonds is 5. The van der Waals surface area contributed by atoms with Crippen LogP contribution in [-0.2, 0) is 4.74 Å². The van der Waals surface area contributed by atoms with Gasteiger partial charge in [-0.2, -0.15) is 0 Å². The van der Waals surface area contributed by atoms with Gasteiger partial charge >= 0.3 is 0 Å². The second-order valence-corrected chi connectivity index (χ2v) is 12.8. The van der Waals surface area contributed by atoms with Gasteiger partial charge in [0.15, 0.2) is 0 Å². The van der Waals surface area contributed by atoms with Gasteiger partial charge in [-0.1, -0.05) is 66.7 Å². The average molecular weight is 387 g/mol. The standard InChI is InChI=1S/C27H46O/c1-18(2)9-8-10-19(3)21-11-12-22-20-17-24-27(28-24)15-7-6-14-26(27,5)23(20)13-16-25(21,22)4/h18-24H,6-17H2,1-5H3/t19-,20+,21-,22+,23+,24-,25+,26+,27-/m0/s1. The highest BCUT2D eigenvalue weighted by molar-refractivity contribution is 5.23. The Kier molecular flexibility index (Phi) is 4.78. The molecule has 0 amide bonds. The van der Waals surface area contributed by atoms with Gasteiger partial charge in [0.25, 0.3) is 0 Å². The fourth-order valence-corrected chi connectivity index (χ4v) is 9.74. The van der Waals surface area contributed by atoms with Crippen LogP contribution >= 0.6 is 0 Å². The minimum atomic E-state index is 0.322. The molecule has 1 spiro atoms. The molecule has 0 aromatic rings. The Morgan fingerprint density at radius 2 is 1.68 bits per heavy atom. The summed E-state index contributed by atoms with van der Waals surface area (Å²) in [7, 11) is 0. The minimum Gasteiger partial charge on any atom is -0.365 e. The first-order chi connectivity index (χ1) is 13.3. The van der Waals surface area contributed by atoms with Crippen molar-refractivity contribution in [1.29, 1.82) is 0 Å². The lowest BCUT2D eigenvalue weighted by Crippen LogP contribution is -2.57. The van der Waals surface area contributed by atoms with Gasteiger partial charge in [0.1, 0.15) is 5.60 Å². The summed E-state index contributed by atoms with van der Waals surface area (Å²) in [5, 5.41) is 0. The first kappa shape index (κ1) is 19.9. The Bertz CT molecular complexity index is 597. The average Bonchev–Trinajstić information content (AvgIpc) is 3.23. The van der Waals surface area contributed by atoms with E-state index in [4.69, 9.17) is 4.74 Å². The van der Waals surface area contributed by atoms with Gasteiger partial charge in [0, 0.05) is 5.41 Å². The Hall–Kier alpha value is -0.0400. The molecule has 1 heteroatoms. The summed E-state index contributed by atoms with van der Waals surface area (Å²) in [6.45, 7) is 12.8. The first-order valence-electron chi connectivity index (χ1n) is 13.0. The molecule has 0 aromatic carbocycles. The zero-order valence-corrected chi connectivity index (χ0v) is 19.4. The monoisotopic (exact) mass is 386 g/mol. The summed E-state index contributed by atoms with van der Waals surface area (Å²) in [5.41, 5.74) is 1.45. The minimum absolute atomic E-state index is 0.322. The molecule has 0 unspecified atom stereocenters. The number of ether oxygens (including phenoxy) is 1. The van der Waals surface area contributed by atoms with Crippen LogP contribution < -0.4 is 0 Å². The molecule has 0 bridgehead atoms. The van der Waals surface area contributed by atoms with Crippen LogP contribution in [0.3, 0.4) is 0 Å². The lowest BCUT2D eigenvalue weighted by molar-refractivity contribution is -0.100. The van der Waals surface area contributed by atoms with Crippen LogP contribution in [0.1, 0.15) is 112 Å². The zero-order chi connectivity index (χ0) is 19.7. The molecular formula is C27H46O. The van der Waals surface area contributed by atoms with Crippen molar-refractivity contribution in [2.75, 3.05) is 0 Å². The molecule has 0 aromatic heterocycles. The Morgan fingerprint density at radius 3 is 2.46 bits per heavy atom. The summed E-state index contributed by atoms with van der Waals surface area (Å²) in [4.78, 5) is 0. The van der Waals surface area contributed by atoms with Crippen molar-refractivity contribution in [1.82, 2.24) is 0 Å². The summed E-state index contributed by atoms with van der Waals surface area (Å²) in [6, 6.07) is 0. The van der Waals surface area contributed by atoms with Crippen molar-refractivity contribution in [3.63, 3.8) is 0 Å². The van der Waals surface area contributed by atoms with Gasteiger partial charge in [-0.15, -0.1) is 0 Å². The van der Waals surface area contributed by atoms with E-state index in [9.17, 15) is 0 Å². The van der Waals surface area contributed by atoms with Gasteiger partial charge < -0.3 is 4.74 Å². The highest BCUT2D eigenvalue weighted by Gasteiger charge is 2.75. The number of fused-ring (bicyclic) bond motifs is 4. The number of hydrogen-bond donors (Lipinski definition) is 0. The molecule has 5 rings (SSSR count). The van der Waals surface area contributed by atoms with E-state index in [1.165, 1.54) is 77.0 Å². The molecule has 5 fully saturated rings. The predicted molar refractivity (Wildman–Crippen MR) is 117 cm³/mol. The molecule has 9 atom stereocenters. The van der Waals surface area contributed by atoms with Gasteiger partial charge in [0.05, 0.1) is 6.10 Å². The summed E-state index contributed by atoms with van der Waals surface area (Å²) >= 11 is 0. The highest BCUT2D eigenvalue weighted by atomic mass is 16.6. The maximum absolute atomic E-state index is 6.60. The lowest BCUT2D eigenvalue weighted by atomic mass is 9.44. The Labute approximate surface area is 174 Å². The van der Waals surface area contributed by atoms with Crippen LogP contribution in [0.25, 0.3) is 0 Å². The lowest BCUT2D eigenvalue weighted by Gasteiger charge is -2.59. The van der Waals surface area contributed by atoms with Crippen LogP contribution in [0.2, 0.25) is 0 Å². The van der Waals surface area contributed by atoms with Gasteiger partial charge in [-0.3, -0.25) is 0 Å². The smallest absolute Gasteiger partial charge is 0.100 e. The van der Waals surface area contributed by atoms with Crippen LogP contribution in [0, 0.1) is 46.3 Å². The highest BCUT2D eigenvalue weighted by Crippen LogP contribution is 2.74. The molecule has 0 N–H and O–H groups in total. The maximum Gasteiger partial charge on any atom is 0.100 e. The number of hydrogen-bond acceptors (Lipinski definition) is 1. The van der Waals surface area contributed by atoms with E-state index in [1.807, 2.05) is 0 Å². The Morgan fingerprint density at radius 1 is 0.893 bits per heavy atom. The van der Waals surface area contributed by atoms with Crippen LogP contribution in [-0.4, -0.2) is 11.7 Å². The third kappa shape index (κ3) is 2.66. The van der Waals surface area contributed by atoms with Crippen molar-refractivity contribution in [3.05, 3.63) is 0 Å². The molecule has 4 aliphatic carbocycles. The molecule has 1 saturated heterocycles.